The van der Waals surface area contributed by atoms with Gasteiger partial charge in [-0.2, -0.15) is 0 Å². The first-order chi connectivity index (χ1) is 10.2. The summed E-state index contributed by atoms with van der Waals surface area (Å²) in [6.07, 6.45) is 0. The molecule has 2 aromatic carbocycles. The number of hydrogen-bond acceptors (Lipinski definition) is 2. The number of halogens is 1. The molecule has 4 nitrogen and oxygen atoms in total. The summed E-state index contributed by atoms with van der Waals surface area (Å²) < 4.78 is 11.9. The third-order valence-electron chi connectivity index (χ3n) is 2.82. The van der Waals surface area contributed by atoms with E-state index in [9.17, 15) is 4.21 Å². The van der Waals surface area contributed by atoms with Gasteiger partial charge in [-0.1, -0.05) is 48.5 Å². The molecule has 0 amide bonds. The van der Waals surface area contributed by atoms with Crippen molar-refractivity contribution in [1.82, 2.24) is 0 Å². The van der Waals surface area contributed by atoms with Gasteiger partial charge in [-0.3, -0.25) is 9.20 Å². The van der Waals surface area contributed by atoms with E-state index in [4.69, 9.17) is 5.73 Å². The van der Waals surface area contributed by atoms with Crippen LogP contribution in [0.1, 0.15) is 5.56 Å². The number of hydrogen-bond donors (Lipinski definition) is 2. The second-order valence-electron chi connectivity index (χ2n) is 4.53. The number of nitrogens with two attached hydrogens (primary N) is 1. The molecule has 0 aliphatic heterocycles. The lowest BCUT2D eigenvalue weighted by molar-refractivity contribution is 0.682. The van der Waals surface area contributed by atoms with E-state index in [1.807, 2.05) is 60.7 Å². The summed E-state index contributed by atoms with van der Waals surface area (Å²) in [7, 11) is -0.924. The summed E-state index contributed by atoms with van der Waals surface area (Å²) in [5.41, 5.74) is 7.76. The van der Waals surface area contributed by atoms with E-state index in [1.165, 1.54) is 0 Å². The van der Waals surface area contributed by atoms with Crippen LogP contribution in [0.2, 0.25) is 0 Å². The first kappa shape index (κ1) is 18.6. The van der Waals surface area contributed by atoms with Crippen LogP contribution in [0.5, 0.6) is 0 Å². The first-order valence-corrected chi connectivity index (χ1v) is 8.24. The molecule has 0 aliphatic carbocycles. The second kappa shape index (κ2) is 10.3. The van der Waals surface area contributed by atoms with Gasteiger partial charge in [0.25, 0.3) is 0 Å². The first-order valence-electron chi connectivity index (χ1n) is 6.75. The molecule has 3 N–H and O–H groups in total. The summed E-state index contributed by atoms with van der Waals surface area (Å²) in [5.74, 6) is 1.41. The monoisotopic (exact) mass is 429 g/mol. The zero-order chi connectivity index (χ0) is 14.9. The van der Waals surface area contributed by atoms with E-state index in [-0.39, 0.29) is 24.0 Å². The van der Waals surface area contributed by atoms with Gasteiger partial charge in [-0.15, -0.1) is 24.0 Å². The van der Waals surface area contributed by atoms with Crippen LogP contribution in [0.3, 0.4) is 0 Å². The molecule has 22 heavy (non-hydrogen) atoms. The van der Waals surface area contributed by atoms with Gasteiger partial charge < -0.3 is 11.1 Å². The van der Waals surface area contributed by atoms with E-state index in [0.29, 0.717) is 24.0 Å². The number of anilines is 1. The Kier molecular flexibility index (Phi) is 8.76. The molecule has 1 unspecified atom stereocenters. The van der Waals surface area contributed by atoms with Gasteiger partial charge >= 0.3 is 0 Å². The molecule has 0 aliphatic rings. The summed E-state index contributed by atoms with van der Waals surface area (Å²) in [6.45, 7) is 0.450. The van der Waals surface area contributed by atoms with Crippen molar-refractivity contribution in [2.45, 2.75) is 5.75 Å². The number of guanidine groups is 1. The Morgan fingerprint density at radius 1 is 1.05 bits per heavy atom. The summed E-state index contributed by atoms with van der Waals surface area (Å²) >= 11 is 0. The van der Waals surface area contributed by atoms with Crippen LogP contribution in [0.25, 0.3) is 0 Å². The van der Waals surface area contributed by atoms with Crippen molar-refractivity contribution in [3.63, 3.8) is 0 Å². The van der Waals surface area contributed by atoms with Gasteiger partial charge in [-0.25, -0.2) is 0 Å². The van der Waals surface area contributed by atoms with E-state index < -0.39 is 10.8 Å². The predicted molar refractivity (Wildman–Crippen MR) is 105 cm³/mol. The van der Waals surface area contributed by atoms with E-state index in [0.717, 1.165) is 11.3 Å². The van der Waals surface area contributed by atoms with Crippen molar-refractivity contribution in [2.24, 2.45) is 10.7 Å². The quantitative estimate of drug-likeness (QED) is 0.422. The van der Waals surface area contributed by atoms with E-state index in [2.05, 4.69) is 10.3 Å². The Morgan fingerprint density at radius 2 is 1.64 bits per heavy atom. The number of benzene rings is 2. The number of para-hydroxylation sites is 1. The molecule has 0 radical (unpaired) electrons. The molecule has 0 saturated heterocycles. The highest BCUT2D eigenvalue weighted by molar-refractivity contribution is 14.0. The van der Waals surface area contributed by atoms with E-state index >= 15 is 0 Å². The van der Waals surface area contributed by atoms with Crippen molar-refractivity contribution < 1.29 is 4.21 Å². The van der Waals surface area contributed by atoms with Crippen molar-refractivity contribution in [3.05, 3.63) is 66.2 Å². The van der Waals surface area contributed by atoms with Gasteiger partial charge in [-0.05, 0) is 17.7 Å². The normalized spacial score (nSPS) is 12.3. The highest BCUT2D eigenvalue weighted by Crippen LogP contribution is 2.04. The molecule has 2 rings (SSSR count). The zero-order valence-corrected chi connectivity index (χ0v) is 15.3. The number of nitrogens with zero attached hydrogens (tertiary/aromatic N) is 1. The van der Waals surface area contributed by atoms with Gasteiger partial charge in [0.2, 0.25) is 0 Å². The molecule has 0 saturated carbocycles. The minimum absolute atomic E-state index is 0. The highest BCUT2D eigenvalue weighted by atomic mass is 127. The van der Waals surface area contributed by atoms with Gasteiger partial charge in [0.05, 0.1) is 6.54 Å². The maximum Gasteiger partial charge on any atom is 0.193 e. The van der Waals surface area contributed by atoms with Gasteiger partial charge in [0.15, 0.2) is 5.96 Å². The molecule has 6 heteroatoms. The summed E-state index contributed by atoms with van der Waals surface area (Å²) in [4.78, 5) is 4.19. The molecule has 0 spiro atoms. The fourth-order valence-corrected chi connectivity index (χ4v) is 2.81. The Balaban J connectivity index is 0.00000242. The fourth-order valence-electron chi connectivity index (χ4n) is 1.81. The third kappa shape index (κ3) is 7.04. The fraction of sp³-hybridized carbons (Fsp3) is 0.188. The van der Waals surface area contributed by atoms with Crippen molar-refractivity contribution >= 4 is 46.4 Å². The van der Waals surface area contributed by atoms with Crippen LogP contribution < -0.4 is 11.1 Å². The second-order valence-corrected chi connectivity index (χ2v) is 6.11. The van der Waals surface area contributed by atoms with Crippen molar-refractivity contribution in [2.75, 3.05) is 17.6 Å². The maximum atomic E-state index is 11.9. The lowest BCUT2D eigenvalue weighted by Gasteiger charge is -2.05. The zero-order valence-electron chi connectivity index (χ0n) is 12.1. The lowest BCUT2D eigenvalue weighted by Crippen LogP contribution is -2.23. The largest absolute Gasteiger partial charge is 0.370 e. The molecule has 0 bridgehead atoms. The summed E-state index contributed by atoms with van der Waals surface area (Å²) in [5, 5.41) is 2.99. The van der Waals surface area contributed by atoms with Crippen LogP contribution in [-0.4, -0.2) is 22.5 Å². The van der Waals surface area contributed by atoms with Crippen LogP contribution in [0.15, 0.2) is 65.7 Å². The molecule has 0 fully saturated rings. The van der Waals surface area contributed by atoms with Gasteiger partial charge in [0.1, 0.15) is 0 Å². The van der Waals surface area contributed by atoms with Crippen molar-refractivity contribution in [1.29, 1.82) is 0 Å². The van der Waals surface area contributed by atoms with Crippen LogP contribution in [-0.2, 0) is 16.6 Å². The Labute approximate surface area is 150 Å². The number of nitrogens with one attached hydrogen (secondary N) is 1. The minimum atomic E-state index is -0.924. The molecular weight excluding hydrogens is 409 g/mol. The van der Waals surface area contributed by atoms with Crippen LogP contribution in [0, 0.1) is 0 Å². The third-order valence-corrected chi connectivity index (χ3v) is 4.11. The minimum Gasteiger partial charge on any atom is -0.370 e. The SMILES string of the molecule is I.NC(=NCCS(=O)Cc1ccccc1)Nc1ccccc1. The van der Waals surface area contributed by atoms with Gasteiger partial charge in [0, 0.05) is 28.0 Å². The Bertz CT molecular complexity index is 605. The maximum absolute atomic E-state index is 11.9. The highest BCUT2D eigenvalue weighted by Gasteiger charge is 2.01. The lowest BCUT2D eigenvalue weighted by atomic mass is 10.2. The average Bonchev–Trinajstić information content (AvgIpc) is 2.49. The number of rotatable bonds is 6. The van der Waals surface area contributed by atoms with Crippen molar-refractivity contribution in [3.8, 4) is 0 Å². The Morgan fingerprint density at radius 3 is 2.27 bits per heavy atom. The molecule has 0 heterocycles. The molecular formula is C16H20IN3OS. The number of aliphatic imine (C=N–C) groups is 1. The Hall–Kier alpha value is -1.41. The summed E-state index contributed by atoms with van der Waals surface area (Å²) in [6, 6.07) is 19.4. The molecule has 2 aromatic rings. The van der Waals surface area contributed by atoms with E-state index in [1.54, 1.807) is 0 Å². The average molecular weight is 429 g/mol. The topological polar surface area (TPSA) is 67.5 Å². The molecule has 118 valence electrons. The van der Waals surface area contributed by atoms with Crippen LogP contribution >= 0.6 is 24.0 Å². The molecule has 0 aromatic heterocycles. The molecule has 1 atom stereocenters. The smallest absolute Gasteiger partial charge is 0.193 e. The van der Waals surface area contributed by atoms with Crippen LogP contribution in [0.4, 0.5) is 5.69 Å². The predicted octanol–water partition coefficient (Wildman–Crippen LogP) is 2.98. The standard InChI is InChI=1S/C16H19N3OS.HI/c17-16(19-15-9-5-2-6-10-15)18-11-12-21(20)13-14-7-3-1-4-8-14;/h1-10H,11-13H2,(H3,17,18,19);1H.